The molecule has 0 bridgehead atoms. The summed E-state index contributed by atoms with van der Waals surface area (Å²) in [5, 5.41) is 8.36. The van der Waals surface area contributed by atoms with Crippen molar-refractivity contribution in [2.45, 2.75) is 56.4 Å². The summed E-state index contributed by atoms with van der Waals surface area (Å²) in [6.45, 7) is 0. The Bertz CT molecular complexity index is 663. The van der Waals surface area contributed by atoms with Crippen molar-refractivity contribution in [3.8, 4) is 0 Å². The number of amides is 2. The normalized spacial score (nSPS) is 26.5. The summed E-state index contributed by atoms with van der Waals surface area (Å²) < 4.78 is 38.9. The smallest absolute Gasteiger partial charge is 0.350 e. The molecule has 0 spiro atoms. The number of hydrogen-bond acceptors (Lipinski definition) is 3. The molecule has 136 valence electrons. The molecule has 0 unspecified atom stereocenters. The maximum absolute atomic E-state index is 13.0. The van der Waals surface area contributed by atoms with E-state index in [1.165, 1.54) is 18.2 Å². The van der Waals surface area contributed by atoms with Crippen LogP contribution in [0.15, 0.2) is 24.3 Å². The van der Waals surface area contributed by atoms with E-state index in [-0.39, 0.29) is 30.1 Å². The predicted octanol–water partition coefficient (Wildman–Crippen LogP) is 2.43. The molecule has 2 amide bonds. The molecule has 0 radical (unpaired) electrons. The van der Waals surface area contributed by atoms with Crippen LogP contribution in [0.5, 0.6) is 0 Å². The molecular weight excluding hydrogens is 335 g/mol. The van der Waals surface area contributed by atoms with Gasteiger partial charge in [-0.2, -0.15) is 13.2 Å². The van der Waals surface area contributed by atoms with E-state index < -0.39 is 23.7 Å². The van der Waals surface area contributed by atoms with Crippen molar-refractivity contribution in [1.29, 1.82) is 0 Å². The summed E-state index contributed by atoms with van der Waals surface area (Å²) in [5.41, 5.74) is -1.21. The average Bonchev–Trinajstić information content (AvgIpc) is 2.55. The highest BCUT2D eigenvalue weighted by Crippen LogP contribution is 2.34. The molecule has 1 aliphatic carbocycles. The van der Waals surface area contributed by atoms with Crippen molar-refractivity contribution in [2.75, 3.05) is 5.32 Å². The Morgan fingerprint density at radius 1 is 1.16 bits per heavy atom. The number of fused-ring (bicyclic) bond motifs is 1. The molecule has 3 rings (SSSR count). The average molecular weight is 355 g/mol. The van der Waals surface area contributed by atoms with Crippen LogP contribution in [0.4, 0.5) is 18.9 Å². The molecule has 8 heteroatoms. The third-order valence-electron chi connectivity index (χ3n) is 4.72. The van der Waals surface area contributed by atoms with Crippen LogP contribution in [-0.4, -0.2) is 29.9 Å². The number of benzene rings is 1. The summed E-state index contributed by atoms with van der Waals surface area (Å²) in [6.07, 6.45) is -0.827. The number of nitrogens with one attached hydrogen (secondary N) is 3. The third kappa shape index (κ3) is 4.12. The topological polar surface area (TPSA) is 70.2 Å². The standard InChI is InChI=1S/C17H20F3N3O2/c18-17(19,20)10-5-1-2-6-11(10)22-15(24)9-14-16(25)23-13-8-4-3-7-12(13)21-14/h1-2,5-6,12-14,21H,3-4,7-9H2,(H,22,24)(H,23,25)/t12-,13+,14-/m0/s1. The zero-order valence-electron chi connectivity index (χ0n) is 13.5. The summed E-state index contributed by atoms with van der Waals surface area (Å²) >= 11 is 0. The Balaban J connectivity index is 1.64. The molecular formula is C17H20F3N3O2. The minimum atomic E-state index is -4.56. The summed E-state index contributed by atoms with van der Waals surface area (Å²) in [7, 11) is 0. The second-order valence-corrected chi connectivity index (χ2v) is 6.52. The van der Waals surface area contributed by atoms with E-state index in [1.807, 2.05) is 0 Å². The molecule has 1 heterocycles. The maximum atomic E-state index is 13.0. The molecule has 3 N–H and O–H groups in total. The highest BCUT2D eigenvalue weighted by Gasteiger charge is 2.37. The third-order valence-corrected chi connectivity index (χ3v) is 4.72. The summed E-state index contributed by atoms with van der Waals surface area (Å²) in [6, 6.07) is 4.26. The van der Waals surface area contributed by atoms with E-state index in [2.05, 4.69) is 16.0 Å². The van der Waals surface area contributed by atoms with Gasteiger partial charge < -0.3 is 16.0 Å². The fourth-order valence-electron chi connectivity index (χ4n) is 3.50. The maximum Gasteiger partial charge on any atom is 0.418 e. The van der Waals surface area contributed by atoms with Crippen molar-refractivity contribution in [1.82, 2.24) is 10.6 Å². The first-order chi connectivity index (χ1) is 11.8. The van der Waals surface area contributed by atoms with Gasteiger partial charge in [-0.05, 0) is 25.0 Å². The lowest BCUT2D eigenvalue weighted by atomic mass is 9.87. The number of alkyl halides is 3. The number of anilines is 1. The van der Waals surface area contributed by atoms with Gasteiger partial charge in [-0.15, -0.1) is 0 Å². The number of rotatable bonds is 3. The number of halogens is 3. The highest BCUT2D eigenvalue weighted by atomic mass is 19.4. The van der Waals surface area contributed by atoms with Gasteiger partial charge in [0.05, 0.1) is 23.7 Å². The number of piperazine rings is 1. The van der Waals surface area contributed by atoms with Crippen molar-refractivity contribution < 1.29 is 22.8 Å². The van der Waals surface area contributed by atoms with Crippen LogP contribution >= 0.6 is 0 Å². The summed E-state index contributed by atoms with van der Waals surface area (Å²) in [5.74, 6) is -0.902. The lowest BCUT2D eigenvalue weighted by Gasteiger charge is -2.40. The fourth-order valence-corrected chi connectivity index (χ4v) is 3.50. The predicted molar refractivity (Wildman–Crippen MR) is 85.8 cm³/mol. The van der Waals surface area contributed by atoms with E-state index in [4.69, 9.17) is 0 Å². The lowest BCUT2D eigenvalue weighted by Crippen LogP contribution is -2.65. The zero-order chi connectivity index (χ0) is 18.0. The van der Waals surface area contributed by atoms with E-state index in [9.17, 15) is 22.8 Å². The molecule has 1 aromatic rings. The van der Waals surface area contributed by atoms with Crippen LogP contribution in [0.3, 0.4) is 0 Å². The van der Waals surface area contributed by atoms with Crippen LogP contribution in [-0.2, 0) is 15.8 Å². The quantitative estimate of drug-likeness (QED) is 0.780. The van der Waals surface area contributed by atoms with Gasteiger partial charge in [0, 0.05) is 12.1 Å². The second kappa shape index (κ2) is 7.03. The monoisotopic (exact) mass is 355 g/mol. The minimum absolute atomic E-state index is 0.0755. The van der Waals surface area contributed by atoms with Gasteiger partial charge in [0.2, 0.25) is 11.8 Å². The Labute approximate surface area is 143 Å². The second-order valence-electron chi connectivity index (χ2n) is 6.52. The summed E-state index contributed by atoms with van der Waals surface area (Å²) in [4.78, 5) is 24.3. The Kier molecular flexibility index (Phi) is 4.99. The van der Waals surface area contributed by atoms with E-state index in [0.29, 0.717) is 0 Å². The van der Waals surface area contributed by atoms with Crippen LogP contribution < -0.4 is 16.0 Å². The molecule has 3 atom stereocenters. The van der Waals surface area contributed by atoms with Gasteiger partial charge in [-0.3, -0.25) is 9.59 Å². The molecule has 1 saturated carbocycles. The molecule has 2 aliphatic rings. The van der Waals surface area contributed by atoms with Crippen LogP contribution in [0.25, 0.3) is 0 Å². The number of para-hydroxylation sites is 1. The lowest BCUT2D eigenvalue weighted by molar-refractivity contribution is -0.137. The van der Waals surface area contributed by atoms with Crippen LogP contribution in [0.2, 0.25) is 0 Å². The first-order valence-corrected chi connectivity index (χ1v) is 8.37. The largest absolute Gasteiger partial charge is 0.418 e. The number of hydrogen-bond donors (Lipinski definition) is 3. The van der Waals surface area contributed by atoms with Crippen LogP contribution in [0.1, 0.15) is 37.7 Å². The molecule has 2 fully saturated rings. The Morgan fingerprint density at radius 2 is 1.84 bits per heavy atom. The number of carbonyl (C=O) groups excluding carboxylic acids is 2. The van der Waals surface area contributed by atoms with Gasteiger partial charge in [0.25, 0.3) is 0 Å². The minimum Gasteiger partial charge on any atom is -0.350 e. The van der Waals surface area contributed by atoms with Crippen molar-refractivity contribution in [3.63, 3.8) is 0 Å². The van der Waals surface area contributed by atoms with Gasteiger partial charge in [-0.1, -0.05) is 25.0 Å². The zero-order valence-corrected chi connectivity index (χ0v) is 13.5. The molecule has 1 saturated heterocycles. The SMILES string of the molecule is O=C(C[C@@H]1N[C@H]2CCCC[C@H]2NC1=O)Nc1ccccc1C(F)(F)F. The first kappa shape index (κ1) is 17.7. The molecule has 1 aromatic carbocycles. The van der Waals surface area contributed by atoms with Crippen LogP contribution in [0, 0.1) is 0 Å². The molecule has 5 nitrogen and oxygen atoms in total. The van der Waals surface area contributed by atoms with E-state index in [1.54, 1.807) is 0 Å². The first-order valence-electron chi connectivity index (χ1n) is 8.37. The van der Waals surface area contributed by atoms with Crippen molar-refractivity contribution in [3.05, 3.63) is 29.8 Å². The Morgan fingerprint density at radius 3 is 2.56 bits per heavy atom. The van der Waals surface area contributed by atoms with Gasteiger partial charge in [0.15, 0.2) is 0 Å². The molecule has 0 aromatic heterocycles. The van der Waals surface area contributed by atoms with Crippen molar-refractivity contribution >= 4 is 17.5 Å². The van der Waals surface area contributed by atoms with Gasteiger partial charge in [0.1, 0.15) is 0 Å². The number of carbonyl (C=O) groups is 2. The Hall–Kier alpha value is -2.09. The van der Waals surface area contributed by atoms with E-state index >= 15 is 0 Å². The van der Waals surface area contributed by atoms with E-state index in [0.717, 1.165) is 31.7 Å². The molecule has 1 aliphatic heterocycles. The highest BCUT2D eigenvalue weighted by molar-refractivity contribution is 5.96. The van der Waals surface area contributed by atoms with Gasteiger partial charge >= 0.3 is 6.18 Å². The molecule has 25 heavy (non-hydrogen) atoms. The fraction of sp³-hybridized carbons (Fsp3) is 0.529. The van der Waals surface area contributed by atoms with Gasteiger partial charge in [-0.25, -0.2) is 0 Å². The van der Waals surface area contributed by atoms with Crippen molar-refractivity contribution in [2.24, 2.45) is 0 Å².